The summed E-state index contributed by atoms with van der Waals surface area (Å²) in [4.78, 5) is 25.7. The molecule has 0 aliphatic carbocycles. The number of nitrogens with one attached hydrogen (secondary N) is 1. The van der Waals surface area contributed by atoms with Crippen LogP contribution in [-0.4, -0.2) is 19.0 Å². The van der Waals surface area contributed by atoms with Crippen LogP contribution in [0.4, 0.5) is 5.00 Å². The van der Waals surface area contributed by atoms with Gasteiger partial charge in [-0.1, -0.05) is 11.6 Å². The lowest BCUT2D eigenvalue weighted by Gasteiger charge is -2.05. The number of anilines is 1. The van der Waals surface area contributed by atoms with Crippen molar-refractivity contribution in [2.75, 3.05) is 12.4 Å². The van der Waals surface area contributed by atoms with Gasteiger partial charge in [-0.15, -0.1) is 11.3 Å². The first kappa shape index (κ1) is 17.2. The maximum absolute atomic E-state index is 12.7. The predicted molar refractivity (Wildman–Crippen MR) is 98.8 cm³/mol. The van der Waals surface area contributed by atoms with Crippen LogP contribution in [-0.2, 0) is 4.74 Å². The Morgan fingerprint density at radius 1 is 1.12 bits per heavy atom. The summed E-state index contributed by atoms with van der Waals surface area (Å²) < 4.78 is 10.6. The topological polar surface area (TPSA) is 68.5 Å². The number of aryl methyl sites for hydroxylation is 3. The van der Waals surface area contributed by atoms with E-state index >= 15 is 0 Å². The molecule has 0 spiro atoms. The van der Waals surface area contributed by atoms with Crippen molar-refractivity contribution in [2.45, 2.75) is 27.7 Å². The Morgan fingerprint density at radius 2 is 1.84 bits per heavy atom. The van der Waals surface area contributed by atoms with Gasteiger partial charge in [0.1, 0.15) is 10.6 Å². The quantitative estimate of drug-likeness (QED) is 0.686. The molecule has 5 nitrogen and oxygen atoms in total. The number of rotatable bonds is 3. The van der Waals surface area contributed by atoms with E-state index in [4.69, 9.17) is 9.15 Å². The van der Waals surface area contributed by atoms with Crippen LogP contribution < -0.4 is 5.32 Å². The second kappa shape index (κ2) is 6.37. The van der Waals surface area contributed by atoms with E-state index in [1.807, 2.05) is 45.9 Å². The number of carbonyl (C=O) groups excluding carboxylic acids is 2. The number of furan rings is 1. The smallest absolute Gasteiger partial charge is 0.341 e. The molecule has 0 unspecified atom stereocenters. The molecule has 6 heteroatoms. The molecule has 1 amide bonds. The molecule has 0 aliphatic heterocycles. The average molecular weight is 357 g/mol. The van der Waals surface area contributed by atoms with E-state index in [1.165, 1.54) is 18.4 Å². The minimum Gasteiger partial charge on any atom is -0.465 e. The summed E-state index contributed by atoms with van der Waals surface area (Å²) in [6.07, 6.45) is 0. The normalized spacial score (nSPS) is 10.9. The monoisotopic (exact) mass is 357 g/mol. The summed E-state index contributed by atoms with van der Waals surface area (Å²) in [6.45, 7) is 7.58. The van der Waals surface area contributed by atoms with E-state index < -0.39 is 5.97 Å². The molecule has 0 saturated carbocycles. The van der Waals surface area contributed by atoms with E-state index in [0.29, 0.717) is 16.1 Å². The largest absolute Gasteiger partial charge is 0.465 e. The molecule has 25 heavy (non-hydrogen) atoms. The van der Waals surface area contributed by atoms with Crippen LogP contribution in [0.1, 0.15) is 42.5 Å². The van der Waals surface area contributed by atoms with E-state index in [1.54, 1.807) is 0 Å². The first-order valence-electron chi connectivity index (χ1n) is 7.83. The Hall–Kier alpha value is -2.60. The molecule has 1 aromatic carbocycles. The van der Waals surface area contributed by atoms with Crippen LogP contribution in [0.3, 0.4) is 0 Å². The van der Waals surface area contributed by atoms with Crippen LogP contribution >= 0.6 is 11.3 Å². The molecule has 0 aliphatic rings. The molecule has 3 aromatic rings. The molecule has 2 heterocycles. The standard InChI is InChI=1S/C19H19NO4S/c1-9-6-7-14-13(8-9)11(3)16(24-14)17(21)20-18-15(19(22)23-5)10(2)12(4)25-18/h6-8H,1-5H3,(H,20,21). The number of fused-ring (bicyclic) bond motifs is 1. The van der Waals surface area contributed by atoms with Gasteiger partial charge in [0.05, 0.1) is 12.7 Å². The number of hydrogen-bond donors (Lipinski definition) is 1. The lowest BCUT2D eigenvalue weighted by atomic mass is 10.1. The molecule has 0 saturated heterocycles. The van der Waals surface area contributed by atoms with Gasteiger partial charge in [-0.25, -0.2) is 4.79 Å². The zero-order valence-corrected chi connectivity index (χ0v) is 15.6. The average Bonchev–Trinajstić information content (AvgIpc) is 3.04. The maximum atomic E-state index is 12.7. The van der Waals surface area contributed by atoms with Crippen molar-refractivity contribution in [1.29, 1.82) is 0 Å². The highest BCUT2D eigenvalue weighted by Gasteiger charge is 2.24. The van der Waals surface area contributed by atoms with Crippen molar-refractivity contribution >= 4 is 39.2 Å². The van der Waals surface area contributed by atoms with Crippen LogP contribution in [0.2, 0.25) is 0 Å². The Morgan fingerprint density at radius 3 is 2.52 bits per heavy atom. The second-order valence-corrected chi connectivity index (χ2v) is 7.21. The second-order valence-electron chi connectivity index (χ2n) is 5.99. The summed E-state index contributed by atoms with van der Waals surface area (Å²) in [5.41, 5.74) is 3.74. The highest BCUT2D eigenvalue weighted by atomic mass is 32.1. The third-order valence-electron chi connectivity index (χ3n) is 4.30. The third-order valence-corrected chi connectivity index (χ3v) is 5.42. The molecule has 1 N–H and O–H groups in total. The van der Waals surface area contributed by atoms with E-state index in [9.17, 15) is 9.59 Å². The van der Waals surface area contributed by atoms with Crippen LogP contribution in [0, 0.1) is 27.7 Å². The lowest BCUT2D eigenvalue weighted by Crippen LogP contribution is -2.14. The zero-order chi connectivity index (χ0) is 18.3. The molecule has 2 aromatic heterocycles. The van der Waals surface area contributed by atoms with Crippen molar-refractivity contribution in [3.8, 4) is 0 Å². The van der Waals surface area contributed by atoms with Gasteiger partial charge in [0, 0.05) is 15.8 Å². The minimum absolute atomic E-state index is 0.250. The number of benzene rings is 1. The molecule has 3 rings (SSSR count). The summed E-state index contributed by atoms with van der Waals surface area (Å²) in [6, 6.07) is 5.78. The summed E-state index contributed by atoms with van der Waals surface area (Å²) >= 11 is 1.35. The number of carbonyl (C=O) groups is 2. The fourth-order valence-corrected chi connectivity index (χ4v) is 3.82. The molecule has 0 fully saturated rings. The Kier molecular flexibility index (Phi) is 4.39. The van der Waals surface area contributed by atoms with Gasteiger partial charge in [-0.2, -0.15) is 0 Å². The molecular formula is C19H19NO4S. The first-order chi connectivity index (χ1) is 11.8. The highest BCUT2D eigenvalue weighted by molar-refractivity contribution is 7.16. The lowest BCUT2D eigenvalue weighted by molar-refractivity contribution is 0.0601. The highest BCUT2D eigenvalue weighted by Crippen LogP contribution is 2.34. The summed E-state index contributed by atoms with van der Waals surface area (Å²) in [5.74, 6) is -0.591. The van der Waals surface area contributed by atoms with Gasteiger partial charge in [-0.05, 0) is 45.4 Å². The van der Waals surface area contributed by atoms with Crippen molar-refractivity contribution in [3.05, 3.63) is 51.1 Å². The first-order valence-corrected chi connectivity index (χ1v) is 8.64. The number of amides is 1. The molecule has 130 valence electrons. The number of ether oxygens (including phenoxy) is 1. The zero-order valence-electron chi connectivity index (χ0n) is 14.8. The van der Waals surface area contributed by atoms with Crippen molar-refractivity contribution in [1.82, 2.24) is 0 Å². The number of methoxy groups -OCH3 is 1. The van der Waals surface area contributed by atoms with E-state index in [-0.39, 0.29) is 11.7 Å². The van der Waals surface area contributed by atoms with Gasteiger partial charge in [0.2, 0.25) is 0 Å². The Labute approximate surface area is 149 Å². The van der Waals surface area contributed by atoms with E-state index in [0.717, 1.165) is 27.0 Å². The van der Waals surface area contributed by atoms with Crippen LogP contribution in [0.5, 0.6) is 0 Å². The van der Waals surface area contributed by atoms with Gasteiger partial charge >= 0.3 is 5.97 Å². The van der Waals surface area contributed by atoms with Gasteiger partial charge < -0.3 is 14.5 Å². The molecule has 0 radical (unpaired) electrons. The third kappa shape index (κ3) is 2.93. The SMILES string of the molecule is COC(=O)c1c(NC(=O)c2oc3ccc(C)cc3c2C)sc(C)c1C. The molecule has 0 bridgehead atoms. The number of thiophene rings is 1. The molecule has 0 atom stereocenters. The Bertz CT molecular complexity index is 997. The minimum atomic E-state index is -0.464. The fourth-order valence-electron chi connectivity index (χ4n) is 2.77. The van der Waals surface area contributed by atoms with Crippen LogP contribution in [0.15, 0.2) is 22.6 Å². The fraction of sp³-hybridized carbons (Fsp3) is 0.263. The molecular weight excluding hydrogens is 338 g/mol. The van der Waals surface area contributed by atoms with Gasteiger partial charge in [0.15, 0.2) is 5.76 Å². The summed E-state index contributed by atoms with van der Waals surface area (Å²) in [5, 5.41) is 4.19. The number of esters is 1. The predicted octanol–water partition coefficient (Wildman–Crippen LogP) is 4.77. The van der Waals surface area contributed by atoms with E-state index in [2.05, 4.69) is 5.32 Å². The van der Waals surface area contributed by atoms with Crippen molar-refractivity contribution in [2.24, 2.45) is 0 Å². The van der Waals surface area contributed by atoms with Crippen molar-refractivity contribution in [3.63, 3.8) is 0 Å². The number of hydrogen-bond acceptors (Lipinski definition) is 5. The Balaban J connectivity index is 2.00. The van der Waals surface area contributed by atoms with Crippen molar-refractivity contribution < 1.29 is 18.7 Å². The maximum Gasteiger partial charge on any atom is 0.341 e. The van der Waals surface area contributed by atoms with Crippen LogP contribution in [0.25, 0.3) is 11.0 Å². The van der Waals surface area contributed by atoms with Gasteiger partial charge in [-0.3, -0.25) is 4.79 Å². The van der Waals surface area contributed by atoms with Gasteiger partial charge in [0.25, 0.3) is 5.91 Å². The summed E-state index contributed by atoms with van der Waals surface area (Å²) in [7, 11) is 1.33.